The van der Waals surface area contributed by atoms with Gasteiger partial charge in [-0.15, -0.1) is 0 Å². The highest BCUT2D eigenvalue weighted by Gasteiger charge is 2.57. The van der Waals surface area contributed by atoms with Gasteiger partial charge in [-0.3, -0.25) is 9.69 Å². The maximum absolute atomic E-state index is 12.8. The number of unbranched alkanes of at least 4 members (excludes halogenated alkanes) is 3. The van der Waals surface area contributed by atoms with Crippen LogP contribution in [0.25, 0.3) is 0 Å². The maximum atomic E-state index is 12.8. The lowest BCUT2D eigenvalue weighted by molar-refractivity contribution is -0.159. The molecule has 1 aliphatic rings. The van der Waals surface area contributed by atoms with Crippen LogP contribution >= 0.6 is 0 Å². The first kappa shape index (κ1) is 25.7. The second-order valence-electron chi connectivity index (χ2n) is 8.19. The average Bonchev–Trinajstić information content (AvgIpc) is 3.36. The van der Waals surface area contributed by atoms with E-state index in [4.69, 9.17) is 14.2 Å². The molecular formula is C21H36N2O7. The Kier molecular flexibility index (Phi) is 10.1. The van der Waals surface area contributed by atoms with Gasteiger partial charge in [0.2, 0.25) is 11.9 Å². The van der Waals surface area contributed by atoms with Crippen LogP contribution in [-0.2, 0) is 28.6 Å². The molecule has 0 aromatic rings. The fraction of sp³-hybridized carbons (Fsp3) is 0.810. The molecule has 1 aliphatic heterocycles. The van der Waals surface area contributed by atoms with Crippen molar-refractivity contribution in [1.29, 1.82) is 0 Å². The summed E-state index contributed by atoms with van der Waals surface area (Å²) < 4.78 is 15.1. The van der Waals surface area contributed by atoms with Gasteiger partial charge in [-0.2, -0.15) is 0 Å². The van der Waals surface area contributed by atoms with Gasteiger partial charge in [0.25, 0.3) is 0 Å². The number of ether oxygens (including phenoxy) is 3. The monoisotopic (exact) mass is 428 g/mol. The molecule has 0 bridgehead atoms. The van der Waals surface area contributed by atoms with E-state index in [-0.39, 0.29) is 19.3 Å². The summed E-state index contributed by atoms with van der Waals surface area (Å²) in [6.07, 6.45) is 4.06. The van der Waals surface area contributed by atoms with Crippen molar-refractivity contribution in [2.24, 2.45) is 0 Å². The van der Waals surface area contributed by atoms with Crippen LogP contribution in [0.2, 0.25) is 0 Å². The molecule has 2 atom stereocenters. The predicted molar refractivity (Wildman–Crippen MR) is 110 cm³/mol. The summed E-state index contributed by atoms with van der Waals surface area (Å²) in [5.74, 6) is -2.39. The van der Waals surface area contributed by atoms with Crippen LogP contribution in [0.3, 0.4) is 0 Å². The fourth-order valence-corrected chi connectivity index (χ4v) is 3.11. The number of esters is 2. The third-order valence-electron chi connectivity index (χ3n) is 4.49. The van der Waals surface area contributed by atoms with Crippen molar-refractivity contribution in [1.82, 2.24) is 10.2 Å². The molecule has 1 fully saturated rings. The Morgan fingerprint density at radius 1 is 0.933 bits per heavy atom. The maximum Gasteiger partial charge on any atom is 0.411 e. The first-order chi connectivity index (χ1) is 14.1. The molecule has 172 valence electrons. The minimum atomic E-state index is -1.57. The van der Waals surface area contributed by atoms with Gasteiger partial charge in [-0.05, 0) is 41.0 Å². The van der Waals surface area contributed by atoms with Crippen molar-refractivity contribution in [3.8, 4) is 0 Å². The number of hydrogen-bond donors (Lipinski definition) is 1. The Labute approximate surface area is 178 Å². The Morgan fingerprint density at radius 3 is 1.97 bits per heavy atom. The first-order valence-corrected chi connectivity index (χ1v) is 10.7. The van der Waals surface area contributed by atoms with E-state index < -0.39 is 41.6 Å². The van der Waals surface area contributed by atoms with Crippen LogP contribution in [0.1, 0.15) is 73.6 Å². The second kappa shape index (κ2) is 11.8. The van der Waals surface area contributed by atoms with Gasteiger partial charge >= 0.3 is 18.0 Å². The molecule has 0 saturated carbocycles. The molecule has 30 heavy (non-hydrogen) atoms. The minimum absolute atomic E-state index is 0.0537. The Balaban J connectivity index is 2.89. The highest BCUT2D eigenvalue weighted by Crippen LogP contribution is 2.35. The number of nitrogens with zero attached hydrogens (tertiary/aromatic N) is 1. The molecule has 1 N–H and O–H groups in total. The largest absolute Gasteiger partial charge is 0.464 e. The van der Waals surface area contributed by atoms with E-state index in [2.05, 4.69) is 12.2 Å². The lowest BCUT2D eigenvalue weighted by Gasteiger charge is -2.20. The van der Waals surface area contributed by atoms with E-state index >= 15 is 0 Å². The van der Waals surface area contributed by atoms with Gasteiger partial charge in [0, 0.05) is 0 Å². The van der Waals surface area contributed by atoms with Crippen LogP contribution in [-0.4, -0.2) is 65.8 Å². The van der Waals surface area contributed by atoms with E-state index in [0.29, 0.717) is 6.42 Å². The van der Waals surface area contributed by atoms with Gasteiger partial charge in [-0.1, -0.05) is 32.6 Å². The standard InChI is InChI=1S/C21H36N2O7/c1-7-10-11-12-13-14-16(23(14)20(27)30-21(4,5)6)17(24)22-15(18(25)28-8-2)19(26)29-9-3/h14-16H,7-13H2,1-6H3,(H,22,24)/t14-,16+,23?/m0/s1. The second-order valence-corrected chi connectivity index (χ2v) is 8.19. The van der Waals surface area contributed by atoms with E-state index in [1.54, 1.807) is 34.6 Å². The molecule has 0 radical (unpaired) electrons. The molecule has 1 rings (SSSR count). The predicted octanol–water partition coefficient (Wildman–Crippen LogP) is 2.56. The number of nitrogens with one attached hydrogen (secondary N) is 1. The number of hydrogen-bond acceptors (Lipinski definition) is 7. The molecule has 0 spiro atoms. The topological polar surface area (TPSA) is 111 Å². The quantitative estimate of drug-likeness (QED) is 0.177. The van der Waals surface area contributed by atoms with Crippen LogP contribution in [0.4, 0.5) is 4.79 Å². The third kappa shape index (κ3) is 7.84. The summed E-state index contributed by atoms with van der Waals surface area (Å²) >= 11 is 0. The molecule has 0 aromatic carbocycles. The van der Waals surface area contributed by atoms with Gasteiger partial charge in [0.05, 0.1) is 19.3 Å². The molecule has 0 unspecified atom stereocenters. The fourth-order valence-electron chi connectivity index (χ4n) is 3.11. The van der Waals surface area contributed by atoms with Crippen molar-refractivity contribution in [2.75, 3.05) is 13.2 Å². The van der Waals surface area contributed by atoms with Gasteiger partial charge in [0.15, 0.2) is 0 Å². The normalized spacial score (nSPS) is 18.0. The Hall–Kier alpha value is -2.32. The average molecular weight is 429 g/mol. The van der Waals surface area contributed by atoms with Gasteiger partial charge in [-0.25, -0.2) is 14.4 Å². The zero-order valence-electron chi connectivity index (χ0n) is 19.0. The van der Waals surface area contributed by atoms with Crippen LogP contribution in [0.15, 0.2) is 0 Å². The van der Waals surface area contributed by atoms with Crippen molar-refractivity contribution >= 4 is 23.9 Å². The SMILES string of the molecule is CCCCCC[C@H]1[C@H](C(=O)NC(C(=O)OCC)C(=O)OCC)N1C(=O)OC(C)(C)C. The van der Waals surface area contributed by atoms with Crippen LogP contribution in [0, 0.1) is 0 Å². The Bertz CT molecular complexity index is 597. The van der Waals surface area contributed by atoms with E-state index in [1.807, 2.05) is 0 Å². The molecular weight excluding hydrogens is 392 g/mol. The molecule has 1 saturated heterocycles. The number of carbonyl (C=O) groups excluding carboxylic acids is 4. The smallest absolute Gasteiger partial charge is 0.411 e. The molecule has 0 aromatic heterocycles. The van der Waals surface area contributed by atoms with Gasteiger partial charge < -0.3 is 19.5 Å². The van der Waals surface area contributed by atoms with Gasteiger partial charge in [0.1, 0.15) is 11.6 Å². The summed E-state index contributed by atoms with van der Waals surface area (Å²) in [6, 6.07) is -2.70. The highest BCUT2D eigenvalue weighted by molar-refractivity contribution is 6.04. The molecule has 9 heteroatoms. The molecule has 9 nitrogen and oxygen atoms in total. The van der Waals surface area contributed by atoms with Crippen molar-refractivity contribution in [2.45, 2.75) is 97.4 Å². The van der Waals surface area contributed by atoms with Crippen molar-refractivity contribution in [3.63, 3.8) is 0 Å². The van der Waals surface area contributed by atoms with Crippen molar-refractivity contribution in [3.05, 3.63) is 0 Å². The number of rotatable bonds is 11. The number of amides is 2. The van der Waals surface area contributed by atoms with E-state index in [0.717, 1.165) is 25.7 Å². The zero-order chi connectivity index (χ0) is 22.9. The van der Waals surface area contributed by atoms with E-state index in [1.165, 1.54) is 4.90 Å². The molecule has 1 heterocycles. The van der Waals surface area contributed by atoms with Crippen LogP contribution in [0.5, 0.6) is 0 Å². The minimum Gasteiger partial charge on any atom is -0.464 e. The summed E-state index contributed by atoms with van der Waals surface area (Å²) in [4.78, 5) is 51.0. The molecule has 2 amide bonds. The molecule has 0 aliphatic carbocycles. The number of carbonyl (C=O) groups is 4. The summed E-state index contributed by atoms with van der Waals surface area (Å²) in [5, 5.41) is 2.39. The lowest BCUT2D eigenvalue weighted by Crippen LogP contribution is -2.50. The van der Waals surface area contributed by atoms with Crippen molar-refractivity contribution < 1.29 is 33.4 Å². The third-order valence-corrected chi connectivity index (χ3v) is 4.49. The Morgan fingerprint density at radius 2 is 1.50 bits per heavy atom. The highest BCUT2D eigenvalue weighted by atomic mass is 16.6. The zero-order valence-corrected chi connectivity index (χ0v) is 19.0. The summed E-state index contributed by atoms with van der Waals surface area (Å²) in [6.45, 7) is 10.6. The first-order valence-electron chi connectivity index (χ1n) is 10.7. The van der Waals surface area contributed by atoms with Crippen LogP contribution < -0.4 is 5.32 Å². The summed E-state index contributed by atoms with van der Waals surface area (Å²) in [5.41, 5.74) is -0.703. The summed E-state index contributed by atoms with van der Waals surface area (Å²) in [7, 11) is 0. The lowest BCUT2D eigenvalue weighted by atomic mass is 10.1. The van der Waals surface area contributed by atoms with E-state index in [9.17, 15) is 19.2 Å².